The van der Waals surface area contributed by atoms with Crippen molar-refractivity contribution >= 4 is 76.0 Å². The molecular weight excluding hydrogens is 959 g/mol. The third-order valence-corrected chi connectivity index (χ3v) is 12.0. The number of aromatic amines is 1. The summed E-state index contributed by atoms with van der Waals surface area (Å²) in [6, 6.07) is 6.50. The van der Waals surface area contributed by atoms with Crippen LogP contribution in [0.15, 0.2) is 60.8 Å². The van der Waals surface area contributed by atoms with Gasteiger partial charge < -0.3 is 81.1 Å². The van der Waals surface area contributed by atoms with E-state index in [1.165, 1.54) is 6.92 Å². The zero-order chi connectivity index (χ0) is 54.2. The third-order valence-electron chi connectivity index (χ3n) is 12.0. The van der Waals surface area contributed by atoms with Crippen LogP contribution in [0.3, 0.4) is 0 Å². The average Bonchev–Trinajstić information content (AvgIpc) is 3.76. The van der Waals surface area contributed by atoms with Gasteiger partial charge in [-0.1, -0.05) is 48.5 Å². The van der Waals surface area contributed by atoms with E-state index in [9.17, 15) is 43.2 Å². The lowest BCUT2D eigenvalue weighted by Gasteiger charge is -2.28. The van der Waals surface area contributed by atoms with Gasteiger partial charge in [-0.15, -0.1) is 0 Å². The number of nitrogens with one attached hydrogen (secondary N) is 13. The number of para-hydroxylation sites is 1. The molecule has 21 N–H and O–H groups in total. The number of guanidine groups is 2. The van der Waals surface area contributed by atoms with E-state index < -0.39 is 95.5 Å². The second kappa shape index (κ2) is 29.9. The number of nitrogens with two attached hydrogens (primary N) is 4. The molecule has 1 fully saturated rings. The van der Waals surface area contributed by atoms with Crippen LogP contribution in [-0.4, -0.2) is 139 Å². The fourth-order valence-electron chi connectivity index (χ4n) is 8.15. The molecule has 2 aromatic carbocycles. The van der Waals surface area contributed by atoms with Crippen molar-refractivity contribution in [2.45, 2.75) is 120 Å². The Labute approximate surface area is 427 Å². The van der Waals surface area contributed by atoms with Gasteiger partial charge in [-0.3, -0.25) is 54.0 Å². The van der Waals surface area contributed by atoms with Crippen molar-refractivity contribution in [2.75, 3.05) is 26.2 Å². The predicted molar refractivity (Wildman–Crippen MR) is 274 cm³/mol. The molecule has 26 nitrogen and oxygen atoms in total. The first kappa shape index (κ1) is 58.3. The Bertz CT molecular complexity index is 2450. The molecule has 1 unspecified atom stereocenters. The Morgan fingerprint density at radius 1 is 0.703 bits per heavy atom. The number of carbonyl (C=O) groups excluding carboxylic acids is 9. The SMILES string of the molecule is CC(=O)NC(CCCNC(=N)N)C(=O)N[C@H]1CCC(=O)NCCC[C@@H](C(N)=O)NC(=O)[C@H](Cc2c[nH]c3ccccc23)NC(=O)[C@H](CCCNC(=N)N)NC(=O)[C@@H](Cc2ccccc2)NC(=O)[C@H](CCN)NC1=O. The summed E-state index contributed by atoms with van der Waals surface area (Å²) in [7, 11) is 0. The van der Waals surface area contributed by atoms with Crippen LogP contribution in [0.2, 0.25) is 0 Å². The monoisotopic (exact) mass is 1030 g/mol. The van der Waals surface area contributed by atoms with E-state index in [0.29, 0.717) is 11.1 Å². The zero-order valence-electron chi connectivity index (χ0n) is 41.4. The number of fused-ring (bicyclic) bond motifs is 1. The largest absolute Gasteiger partial charge is 0.370 e. The normalized spacial score (nSPS) is 21.2. The number of primary amides is 1. The molecule has 0 aliphatic carbocycles. The second-order valence-corrected chi connectivity index (χ2v) is 17.8. The first-order chi connectivity index (χ1) is 35.3. The van der Waals surface area contributed by atoms with Crippen LogP contribution >= 0.6 is 0 Å². The molecule has 0 saturated carbocycles. The van der Waals surface area contributed by atoms with Crippen molar-refractivity contribution in [3.05, 3.63) is 71.9 Å². The van der Waals surface area contributed by atoms with Gasteiger partial charge in [0.15, 0.2) is 11.9 Å². The fourth-order valence-corrected chi connectivity index (χ4v) is 8.15. The van der Waals surface area contributed by atoms with Gasteiger partial charge in [0.25, 0.3) is 0 Å². The molecule has 3 aromatic rings. The Morgan fingerprint density at radius 2 is 1.28 bits per heavy atom. The van der Waals surface area contributed by atoms with Gasteiger partial charge in [0.2, 0.25) is 53.2 Å². The second-order valence-electron chi connectivity index (χ2n) is 17.8. The van der Waals surface area contributed by atoms with Gasteiger partial charge in [0, 0.05) is 62.9 Å². The lowest BCUT2D eigenvalue weighted by molar-refractivity contribution is -0.136. The van der Waals surface area contributed by atoms with E-state index >= 15 is 0 Å². The van der Waals surface area contributed by atoms with Crippen LogP contribution in [0, 0.1) is 10.8 Å². The number of H-pyrrole nitrogens is 1. The van der Waals surface area contributed by atoms with Gasteiger partial charge in [0.05, 0.1) is 0 Å². The molecular formula is C48H71N17O9. The van der Waals surface area contributed by atoms with E-state index in [1.54, 1.807) is 42.6 Å². The minimum absolute atomic E-state index is 0.0150. The summed E-state index contributed by atoms with van der Waals surface area (Å²) < 4.78 is 0. The Balaban J connectivity index is 1.75. The standard InChI is InChI=1S/C48H71N17O9/c1-27(66)59-33(15-8-22-56-47(51)52)41(69)62-35-17-18-39(67)55-21-7-14-32(40(50)68)60-46(74)38(25-29-26-58-31-13-6-5-12-30(29)31)65-42(70)34(16-9-23-57-48(53)54)61-45(73)37(24-28-10-3-2-4-11-28)64-44(72)36(19-20-49)63-43(35)71/h2-6,10-13,26,32-38,58H,7-9,14-25,49H2,1H3,(H2,50,68)(H,55,67)(H,59,66)(H,60,74)(H,61,73)(H,62,69)(H,63,71)(H,64,72)(H,65,70)(H4,51,52,56)(H4,53,54,57)/t32-,33?,34-,35-,36-,37+,38-/m0/s1. The Morgan fingerprint density at radius 3 is 1.93 bits per heavy atom. The molecule has 9 amide bonds. The van der Waals surface area contributed by atoms with Crippen LogP contribution in [0.25, 0.3) is 10.9 Å². The smallest absolute Gasteiger partial charge is 0.243 e. The number of rotatable bonds is 18. The van der Waals surface area contributed by atoms with Crippen molar-refractivity contribution < 1.29 is 43.2 Å². The molecule has 1 aromatic heterocycles. The van der Waals surface area contributed by atoms with Crippen molar-refractivity contribution in [3.63, 3.8) is 0 Å². The summed E-state index contributed by atoms with van der Waals surface area (Å²) in [6.45, 7) is 1.36. The van der Waals surface area contributed by atoms with E-state index in [2.05, 4.69) is 58.2 Å². The van der Waals surface area contributed by atoms with Gasteiger partial charge in [0.1, 0.15) is 42.3 Å². The number of carbonyl (C=O) groups is 9. The van der Waals surface area contributed by atoms with E-state index in [-0.39, 0.29) is 109 Å². The lowest BCUT2D eigenvalue weighted by atomic mass is 10.0. The van der Waals surface area contributed by atoms with E-state index in [0.717, 1.165) is 10.9 Å². The highest BCUT2D eigenvalue weighted by Gasteiger charge is 2.35. The lowest BCUT2D eigenvalue weighted by Crippen LogP contribution is -2.60. The number of hydrogen-bond acceptors (Lipinski definition) is 12. The topological polar surface area (TPSA) is 441 Å². The van der Waals surface area contributed by atoms with Gasteiger partial charge in [-0.25, -0.2) is 0 Å². The Hall–Kier alpha value is -8.29. The summed E-state index contributed by atoms with van der Waals surface area (Å²) in [5, 5.41) is 42.3. The molecule has 0 radical (unpaired) electrons. The molecule has 74 heavy (non-hydrogen) atoms. The van der Waals surface area contributed by atoms with E-state index in [1.807, 2.05) is 18.2 Å². The van der Waals surface area contributed by atoms with Crippen LogP contribution in [0.5, 0.6) is 0 Å². The van der Waals surface area contributed by atoms with Crippen molar-refractivity contribution in [2.24, 2.45) is 22.9 Å². The number of benzene rings is 2. The highest BCUT2D eigenvalue weighted by Crippen LogP contribution is 2.20. The summed E-state index contributed by atoms with van der Waals surface area (Å²) in [6.07, 6.45) is 1.22. The Kier molecular flexibility index (Phi) is 23.6. The predicted octanol–water partition coefficient (Wildman–Crippen LogP) is -3.58. The van der Waals surface area contributed by atoms with Crippen molar-refractivity contribution in [1.29, 1.82) is 10.8 Å². The summed E-state index contributed by atoms with van der Waals surface area (Å²) in [4.78, 5) is 127. The maximum absolute atomic E-state index is 14.6. The van der Waals surface area contributed by atoms with Crippen LogP contribution in [-0.2, 0) is 56.0 Å². The van der Waals surface area contributed by atoms with Crippen LogP contribution in [0.1, 0.15) is 75.8 Å². The molecule has 2 heterocycles. The van der Waals surface area contributed by atoms with Crippen molar-refractivity contribution in [3.8, 4) is 0 Å². The molecule has 26 heteroatoms. The maximum Gasteiger partial charge on any atom is 0.243 e. The summed E-state index contributed by atoms with van der Waals surface area (Å²) >= 11 is 0. The zero-order valence-corrected chi connectivity index (χ0v) is 41.4. The third kappa shape index (κ3) is 19.7. The molecule has 7 atom stereocenters. The average molecular weight is 1030 g/mol. The molecule has 0 bridgehead atoms. The molecule has 1 saturated heterocycles. The maximum atomic E-state index is 14.6. The minimum atomic E-state index is -1.47. The number of hydrogen-bond donors (Lipinski definition) is 17. The first-order valence-corrected chi connectivity index (χ1v) is 24.4. The fraction of sp³-hybridized carbons (Fsp3) is 0.479. The van der Waals surface area contributed by atoms with Gasteiger partial charge in [-0.2, -0.15) is 0 Å². The van der Waals surface area contributed by atoms with Crippen LogP contribution < -0.4 is 76.1 Å². The molecule has 1 aliphatic heterocycles. The van der Waals surface area contributed by atoms with Gasteiger partial charge >= 0.3 is 0 Å². The number of aromatic nitrogens is 1. The molecule has 4 rings (SSSR count). The highest BCUT2D eigenvalue weighted by molar-refractivity contribution is 5.98. The summed E-state index contributed by atoms with van der Waals surface area (Å²) in [5.41, 5.74) is 24.6. The molecule has 1 aliphatic rings. The minimum Gasteiger partial charge on any atom is -0.370 e. The van der Waals surface area contributed by atoms with Gasteiger partial charge in [-0.05, 0) is 75.1 Å². The van der Waals surface area contributed by atoms with Crippen LogP contribution in [0.4, 0.5) is 0 Å². The first-order valence-electron chi connectivity index (χ1n) is 24.4. The molecule has 0 spiro atoms. The molecule has 402 valence electrons. The summed E-state index contributed by atoms with van der Waals surface area (Å²) in [5.74, 6) is -7.62. The van der Waals surface area contributed by atoms with E-state index in [4.69, 9.17) is 33.8 Å². The quantitative estimate of drug-likeness (QED) is 0.0333. The number of amides is 9. The highest BCUT2D eigenvalue weighted by atomic mass is 16.2. The van der Waals surface area contributed by atoms with Crippen molar-refractivity contribution in [1.82, 2.24) is 58.2 Å².